The van der Waals surface area contributed by atoms with Crippen LogP contribution in [0.15, 0.2) is 0 Å². The average Bonchev–Trinajstić information content (AvgIpc) is 2.21. The summed E-state index contributed by atoms with van der Waals surface area (Å²) >= 11 is 0. The Labute approximate surface area is 87.4 Å². The van der Waals surface area contributed by atoms with Crippen LogP contribution >= 0.6 is 0 Å². The smallest absolute Gasteiger partial charge is 0.0589 e. The van der Waals surface area contributed by atoms with E-state index in [2.05, 4.69) is 11.8 Å². The molecule has 0 aromatic heterocycles. The van der Waals surface area contributed by atoms with Gasteiger partial charge in [-0.3, -0.25) is 4.90 Å². The minimum Gasteiger partial charge on any atom is -0.383 e. The van der Waals surface area contributed by atoms with Crippen molar-refractivity contribution in [3.8, 4) is 0 Å². The molecule has 0 bridgehead atoms. The summed E-state index contributed by atoms with van der Waals surface area (Å²) in [6.45, 7) is 6.38. The lowest BCUT2D eigenvalue weighted by Crippen LogP contribution is -2.40. The van der Waals surface area contributed by atoms with E-state index in [0.29, 0.717) is 0 Å². The molecule has 4 nitrogen and oxygen atoms in total. The molecule has 0 aromatic rings. The Morgan fingerprint density at radius 3 is 2.00 bits per heavy atom. The Bertz CT molecular complexity index is 115. The number of hydrogen-bond acceptors (Lipinski definition) is 4. The molecule has 0 aliphatic carbocycles. The molecule has 0 fully saturated rings. The van der Waals surface area contributed by atoms with Gasteiger partial charge >= 0.3 is 0 Å². The molecule has 14 heavy (non-hydrogen) atoms. The van der Waals surface area contributed by atoms with Crippen molar-refractivity contribution in [1.29, 1.82) is 0 Å². The summed E-state index contributed by atoms with van der Waals surface area (Å²) in [6.07, 6.45) is 1.01. The predicted octanol–water partition coefficient (Wildman–Crippen LogP) is 0.319. The molecule has 0 radical (unpaired) electrons. The lowest BCUT2D eigenvalue weighted by molar-refractivity contribution is 0.110. The van der Waals surface area contributed by atoms with E-state index in [1.807, 2.05) is 0 Å². The van der Waals surface area contributed by atoms with Crippen LogP contribution in [0.25, 0.3) is 0 Å². The molecule has 0 amide bonds. The van der Waals surface area contributed by atoms with Crippen LogP contribution in [0, 0.1) is 0 Å². The molecule has 0 saturated carbocycles. The summed E-state index contributed by atoms with van der Waals surface area (Å²) in [5.41, 5.74) is 5.89. The van der Waals surface area contributed by atoms with Crippen molar-refractivity contribution in [3.05, 3.63) is 0 Å². The van der Waals surface area contributed by atoms with Gasteiger partial charge in [0.05, 0.1) is 13.2 Å². The Hall–Kier alpha value is -0.160. The van der Waals surface area contributed by atoms with Gasteiger partial charge in [-0.05, 0) is 6.42 Å². The molecule has 0 saturated heterocycles. The highest BCUT2D eigenvalue weighted by Crippen LogP contribution is 1.94. The minimum absolute atomic E-state index is 0.253. The molecule has 0 aliphatic heterocycles. The normalized spacial score (nSPS) is 13.5. The third-order valence-electron chi connectivity index (χ3n) is 2.24. The summed E-state index contributed by atoms with van der Waals surface area (Å²) in [4.78, 5) is 2.28. The monoisotopic (exact) mass is 204 g/mol. The Kier molecular flexibility index (Phi) is 9.29. The van der Waals surface area contributed by atoms with E-state index in [0.717, 1.165) is 39.3 Å². The van der Waals surface area contributed by atoms with E-state index < -0.39 is 0 Å². The van der Waals surface area contributed by atoms with Gasteiger partial charge in [0.2, 0.25) is 0 Å². The Morgan fingerprint density at radius 2 is 1.64 bits per heavy atom. The fourth-order valence-electron chi connectivity index (χ4n) is 1.20. The average molecular weight is 204 g/mol. The summed E-state index contributed by atoms with van der Waals surface area (Å²) in [5, 5.41) is 0. The number of hydrogen-bond donors (Lipinski definition) is 1. The molecule has 1 atom stereocenters. The third kappa shape index (κ3) is 7.26. The van der Waals surface area contributed by atoms with Crippen molar-refractivity contribution in [2.24, 2.45) is 5.73 Å². The van der Waals surface area contributed by atoms with Crippen molar-refractivity contribution < 1.29 is 9.47 Å². The first kappa shape index (κ1) is 13.8. The summed E-state index contributed by atoms with van der Waals surface area (Å²) < 4.78 is 10.1. The zero-order valence-corrected chi connectivity index (χ0v) is 9.66. The number of rotatable bonds is 9. The van der Waals surface area contributed by atoms with Gasteiger partial charge in [0.1, 0.15) is 0 Å². The second-order valence-corrected chi connectivity index (χ2v) is 3.45. The predicted molar refractivity (Wildman–Crippen MR) is 58.5 cm³/mol. The first-order chi connectivity index (χ1) is 6.74. The maximum atomic E-state index is 5.89. The fourth-order valence-corrected chi connectivity index (χ4v) is 1.20. The van der Waals surface area contributed by atoms with E-state index in [4.69, 9.17) is 15.2 Å². The van der Waals surface area contributed by atoms with Crippen LogP contribution in [0.5, 0.6) is 0 Å². The molecule has 2 N–H and O–H groups in total. The van der Waals surface area contributed by atoms with E-state index in [1.54, 1.807) is 14.2 Å². The molecule has 0 aromatic carbocycles. The Balaban J connectivity index is 3.71. The highest BCUT2D eigenvalue weighted by molar-refractivity contribution is 4.66. The van der Waals surface area contributed by atoms with Crippen LogP contribution in [-0.4, -0.2) is 58.0 Å². The van der Waals surface area contributed by atoms with Crippen molar-refractivity contribution >= 4 is 0 Å². The molecular formula is C10H24N2O2. The van der Waals surface area contributed by atoms with Crippen LogP contribution < -0.4 is 5.73 Å². The van der Waals surface area contributed by atoms with Crippen molar-refractivity contribution in [2.45, 2.75) is 19.4 Å². The van der Waals surface area contributed by atoms with Crippen molar-refractivity contribution in [2.75, 3.05) is 47.1 Å². The van der Waals surface area contributed by atoms with E-state index in [9.17, 15) is 0 Å². The lowest BCUT2D eigenvalue weighted by atomic mass is 10.2. The number of nitrogens with two attached hydrogens (primary N) is 1. The van der Waals surface area contributed by atoms with Gasteiger partial charge in [0.15, 0.2) is 0 Å². The van der Waals surface area contributed by atoms with Gasteiger partial charge in [-0.25, -0.2) is 0 Å². The molecule has 4 heteroatoms. The van der Waals surface area contributed by atoms with Gasteiger partial charge in [-0.15, -0.1) is 0 Å². The maximum Gasteiger partial charge on any atom is 0.0589 e. The molecule has 0 rings (SSSR count). The molecule has 0 aliphatic rings. The minimum atomic E-state index is 0.253. The zero-order chi connectivity index (χ0) is 10.8. The fraction of sp³-hybridized carbons (Fsp3) is 1.00. The molecule has 1 unspecified atom stereocenters. The molecule has 0 spiro atoms. The first-order valence-electron chi connectivity index (χ1n) is 5.20. The highest BCUT2D eigenvalue weighted by atomic mass is 16.5. The van der Waals surface area contributed by atoms with Crippen molar-refractivity contribution in [1.82, 2.24) is 4.90 Å². The third-order valence-corrected chi connectivity index (χ3v) is 2.24. The van der Waals surface area contributed by atoms with Gasteiger partial charge in [0, 0.05) is 39.9 Å². The quantitative estimate of drug-likeness (QED) is 0.587. The highest BCUT2D eigenvalue weighted by Gasteiger charge is 2.08. The van der Waals surface area contributed by atoms with Gasteiger partial charge < -0.3 is 15.2 Å². The van der Waals surface area contributed by atoms with E-state index in [-0.39, 0.29) is 6.04 Å². The Morgan fingerprint density at radius 1 is 1.14 bits per heavy atom. The zero-order valence-electron chi connectivity index (χ0n) is 9.66. The maximum absolute atomic E-state index is 5.89. The standard InChI is InChI=1S/C10H24N2O2/c1-4-10(11)9-12(5-7-13-2)6-8-14-3/h10H,4-9,11H2,1-3H3. The summed E-state index contributed by atoms with van der Waals surface area (Å²) in [5.74, 6) is 0. The van der Waals surface area contributed by atoms with Crippen LogP contribution in [-0.2, 0) is 9.47 Å². The van der Waals surface area contributed by atoms with E-state index in [1.165, 1.54) is 0 Å². The number of nitrogens with zero attached hydrogens (tertiary/aromatic N) is 1. The molecular weight excluding hydrogens is 180 g/mol. The van der Waals surface area contributed by atoms with Crippen LogP contribution in [0.2, 0.25) is 0 Å². The second-order valence-electron chi connectivity index (χ2n) is 3.45. The van der Waals surface area contributed by atoms with Gasteiger partial charge in [-0.1, -0.05) is 6.92 Å². The van der Waals surface area contributed by atoms with E-state index >= 15 is 0 Å². The largest absolute Gasteiger partial charge is 0.383 e. The number of ether oxygens (including phenoxy) is 2. The first-order valence-corrected chi connectivity index (χ1v) is 5.20. The molecule has 86 valence electrons. The SMILES string of the molecule is CCC(N)CN(CCOC)CCOC. The van der Waals surface area contributed by atoms with Crippen LogP contribution in [0.3, 0.4) is 0 Å². The topological polar surface area (TPSA) is 47.7 Å². The number of methoxy groups -OCH3 is 2. The summed E-state index contributed by atoms with van der Waals surface area (Å²) in [7, 11) is 3.43. The van der Waals surface area contributed by atoms with Crippen LogP contribution in [0.4, 0.5) is 0 Å². The molecule has 0 heterocycles. The van der Waals surface area contributed by atoms with Gasteiger partial charge in [0.25, 0.3) is 0 Å². The summed E-state index contributed by atoms with van der Waals surface area (Å²) in [6, 6.07) is 0.253. The van der Waals surface area contributed by atoms with Gasteiger partial charge in [-0.2, -0.15) is 0 Å². The lowest BCUT2D eigenvalue weighted by Gasteiger charge is -2.24. The van der Waals surface area contributed by atoms with Crippen molar-refractivity contribution in [3.63, 3.8) is 0 Å². The second kappa shape index (κ2) is 9.40. The van der Waals surface area contributed by atoms with Crippen LogP contribution in [0.1, 0.15) is 13.3 Å².